The minimum Gasteiger partial charge on any atom is -0.379 e. The van der Waals surface area contributed by atoms with Crippen LogP contribution in [0.25, 0.3) is 10.9 Å². The van der Waals surface area contributed by atoms with E-state index in [1.165, 1.54) is 9.87 Å². The lowest BCUT2D eigenvalue weighted by molar-refractivity contribution is 0.183. The van der Waals surface area contributed by atoms with E-state index in [0.29, 0.717) is 19.8 Å². The summed E-state index contributed by atoms with van der Waals surface area (Å²) in [5.41, 5.74) is 2.13. The molecule has 7 heteroatoms. The zero-order valence-electron chi connectivity index (χ0n) is 14.0. The van der Waals surface area contributed by atoms with Crippen molar-refractivity contribution in [3.05, 3.63) is 42.1 Å². The normalized spacial score (nSPS) is 21.6. The molecule has 2 aromatic rings. The van der Waals surface area contributed by atoms with Crippen LogP contribution in [0.2, 0.25) is 0 Å². The Balaban J connectivity index is 1.79. The molecule has 0 saturated carbocycles. The minimum atomic E-state index is -3.47. The van der Waals surface area contributed by atoms with Crippen LogP contribution >= 0.6 is 0 Å². The van der Waals surface area contributed by atoms with Gasteiger partial charge in [-0.05, 0) is 24.1 Å². The fraction of sp³-hybridized carbons (Fsp3) is 0.471. The number of nitrogens with one attached hydrogen (secondary N) is 1. The van der Waals surface area contributed by atoms with Crippen LogP contribution < -0.4 is 4.72 Å². The molecule has 2 unspecified atom stereocenters. The lowest BCUT2D eigenvalue weighted by Gasteiger charge is -2.23. The molecule has 1 N–H and O–H groups in total. The van der Waals surface area contributed by atoms with Gasteiger partial charge in [-0.25, -0.2) is 0 Å². The van der Waals surface area contributed by atoms with Crippen LogP contribution in [-0.2, 0) is 21.4 Å². The van der Waals surface area contributed by atoms with Crippen molar-refractivity contribution in [1.82, 2.24) is 14.0 Å². The number of benzene rings is 1. The predicted octanol–water partition coefficient (Wildman–Crippen LogP) is 1.58. The number of ether oxygens (including phenoxy) is 1. The molecule has 24 heavy (non-hydrogen) atoms. The van der Waals surface area contributed by atoms with Gasteiger partial charge in [0, 0.05) is 31.1 Å². The Kier molecular flexibility index (Phi) is 5.15. The van der Waals surface area contributed by atoms with Gasteiger partial charge in [0.05, 0.1) is 24.8 Å². The van der Waals surface area contributed by atoms with Crippen molar-refractivity contribution in [2.24, 2.45) is 5.92 Å². The molecule has 6 nitrogen and oxygen atoms in total. The first-order valence-corrected chi connectivity index (χ1v) is 9.59. The van der Waals surface area contributed by atoms with Crippen LogP contribution in [0.3, 0.4) is 0 Å². The first-order chi connectivity index (χ1) is 11.5. The van der Waals surface area contributed by atoms with Gasteiger partial charge in [-0.2, -0.15) is 17.4 Å². The second-order valence-electron chi connectivity index (χ2n) is 6.13. The smallest absolute Gasteiger partial charge is 0.279 e. The zero-order valence-corrected chi connectivity index (χ0v) is 14.8. The summed E-state index contributed by atoms with van der Waals surface area (Å²) in [4.78, 5) is 4.38. The van der Waals surface area contributed by atoms with Gasteiger partial charge in [0.25, 0.3) is 10.2 Å². The highest BCUT2D eigenvalue weighted by Gasteiger charge is 2.33. The van der Waals surface area contributed by atoms with Gasteiger partial charge in [0.2, 0.25) is 0 Å². The first kappa shape index (κ1) is 17.3. The van der Waals surface area contributed by atoms with Crippen LogP contribution in [0.5, 0.6) is 0 Å². The molecule has 1 aliphatic heterocycles. The first-order valence-electron chi connectivity index (χ1n) is 8.15. The molecule has 0 radical (unpaired) electrons. The summed E-state index contributed by atoms with van der Waals surface area (Å²) >= 11 is 0. The molecule has 0 amide bonds. The average molecular weight is 349 g/mol. The average Bonchev–Trinajstić information content (AvgIpc) is 3.00. The number of pyridine rings is 1. The van der Waals surface area contributed by atoms with Gasteiger partial charge in [-0.15, -0.1) is 0 Å². The summed E-state index contributed by atoms with van der Waals surface area (Å²) in [6.07, 6.45) is 2.56. The molecule has 0 bridgehead atoms. The summed E-state index contributed by atoms with van der Waals surface area (Å²) in [6, 6.07) is 9.79. The third-order valence-electron chi connectivity index (χ3n) is 4.58. The van der Waals surface area contributed by atoms with Gasteiger partial charge in [-0.1, -0.05) is 25.1 Å². The second-order valence-corrected chi connectivity index (χ2v) is 7.94. The topological polar surface area (TPSA) is 71.5 Å². The monoisotopic (exact) mass is 349 g/mol. The maximum Gasteiger partial charge on any atom is 0.279 e. The SMILES string of the molecule is CCN(C)S(=O)(=O)NC1COCC1Cc1ccnc2ccccc12. The Hall–Kier alpha value is -1.54. The van der Waals surface area contributed by atoms with E-state index >= 15 is 0 Å². The van der Waals surface area contributed by atoms with Crippen LogP contribution in [0.15, 0.2) is 36.5 Å². The summed E-state index contributed by atoms with van der Waals surface area (Å²) in [5, 5.41) is 1.11. The molecular weight excluding hydrogens is 326 g/mol. The maximum absolute atomic E-state index is 12.3. The van der Waals surface area contributed by atoms with E-state index in [0.717, 1.165) is 17.3 Å². The van der Waals surface area contributed by atoms with E-state index in [4.69, 9.17) is 4.74 Å². The minimum absolute atomic E-state index is 0.107. The Bertz CT molecular complexity index is 804. The van der Waals surface area contributed by atoms with Crippen molar-refractivity contribution in [3.63, 3.8) is 0 Å². The van der Waals surface area contributed by atoms with Crippen molar-refractivity contribution < 1.29 is 13.2 Å². The fourth-order valence-corrected chi connectivity index (χ4v) is 4.16. The third-order valence-corrected chi connectivity index (χ3v) is 6.26. The number of fused-ring (bicyclic) bond motifs is 1. The Labute approximate surface area is 143 Å². The molecule has 1 aromatic heterocycles. The lowest BCUT2D eigenvalue weighted by atomic mass is 9.93. The molecule has 1 fully saturated rings. The molecule has 0 aliphatic carbocycles. The van der Waals surface area contributed by atoms with Gasteiger partial charge in [-0.3, -0.25) is 4.98 Å². The van der Waals surface area contributed by atoms with E-state index in [2.05, 4.69) is 15.8 Å². The molecule has 1 aromatic carbocycles. The van der Waals surface area contributed by atoms with Crippen molar-refractivity contribution in [2.45, 2.75) is 19.4 Å². The molecule has 3 rings (SSSR count). The summed E-state index contributed by atoms with van der Waals surface area (Å²) in [6.45, 7) is 3.21. The van der Waals surface area contributed by atoms with Crippen LogP contribution in [0.4, 0.5) is 0 Å². The maximum atomic E-state index is 12.3. The van der Waals surface area contributed by atoms with E-state index < -0.39 is 10.2 Å². The summed E-state index contributed by atoms with van der Waals surface area (Å²) in [7, 11) is -1.90. The lowest BCUT2D eigenvalue weighted by Crippen LogP contribution is -2.46. The molecule has 1 aliphatic rings. The van der Waals surface area contributed by atoms with Crippen LogP contribution in [-0.4, -0.2) is 50.6 Å². The number of aromatic nitrogens is 1. The molecule has 2 atom stereocenters. The molecular formula is C17H23N3O3S. The van der Waals surface area contributed by atoms with Gasteiger partial charge in [0.15, 0.2) is 0 Å². The van der Waals surface area contributed by atoms with Gasteiger partial charge < -0.3 is 4.74 Å². The number of para-hydroxylation sites is 1. The van der Waals surface area contributed by atoms with Gasteiger partial charge >= 0.3 is 0 Å². The molecule has 1 saturated heterocycles. The Morgan fingerprint density at radius 2 is 2.08 bits per heavy atom. The van der Waals surface area contributed by atoms with E-state index in [1.54, 1.807) is 13.2 Å². The van der Waals surface area contributed by atoms with E-state index in [9.17, 15) is 8.42 Å². The van der Waals surface area contributed by atoms with Crippen molar-refractivity contribution in [3.8, 4) is 0 Å². The Morgan fingerprint density at radius 3 is 2.88 bits per heavy atom. The highest BCUT2D eigenvalue weighted by Crippen LogP contribution is 2.24. The van der Waals surface area contributed by atoms with Gasteiger partial charge in [0.1, 0.15) is 0 Å². The van der Waals surface area contributed by atoms with Crippen LogP contribution in [0, 0.1) is 5.92 Å². The van der Waals surface area contributed by atoms with Crippen molar-refractivity contribution >= 4 is 21.1 Å². The molecule has 2 heterocycles. The number of hydrogen-bond donors (Lipinski definition) is 1. The highest BCUT2D eigenvalue weighted by atomic mass is 32.2. The quantitative estimate of drug-likeness (QED) is 0.859. The fourth-order valence-electron chi connectivity index (χ4n) is 3.00. The third kappa shape index (κ3) is 3.59. The standard InChI is InChI=1S/C17H23N3O3S/c1-3-20(2)24(21,22)19-17-12-23-11-14(17)10-13-8-9-18-16-7-5-4-6-15(13)16/h4-9,14,17,19H,3,10-12H2,1-2H3. The molecule has 130 valence electrons. The van der Waals surface area contributed by atoms with Crippen molar-refractivity contribution in [2.75, 3.05) is 26.8 Å². The Morgan fingerprint density at radius 1 is 1.29 bits per heavy atom. The van der Waals surface area contributed by atoms with E-state index in [-0.39, 0.29) is 12.0 Å². The number of hydrogen-bond acceptors (Lipinski definition) is 4. The predicted molar refractivity (Wildman–Crippen MR) is 93.9 cm³/mol. The van der Waals surface area contributed by atoms with E-state index in [1.807, 2.05) is 31.2 Å². The zero-order chi connectivity index (χ0) is 17.2. The molecule has 0 spiro atoms. The van der Waals surface area contributed by atoms with Crippen molar-refractivity contribution in [1.29, 1.82) is 0 Å². The largest absolute Gasteiger partial charge is 0.379 e. The van der Waals surface area contributed by atoms with Crippen LogP contribution in [0.1, 0.15) is 12.5 Å². The number of rotatable bonds is 6. The number of nitrogens with zero attached hydrogens (tertiary/aromatic N) is 2. The summed E-state index contributed by atoms with van der Waals surface area (Å²) in [5.74, 6) is 0.107. The highest BCUT2D eigenvalue weighted by molar-refractivity contribution is 7.87. The summed E-state index contributed by atoms with van der Waals surface area (Å²) < 4.78 is 34.2. The second kappa shape index (κ2) is 7.14.